The molecule has 0 aliphatic carbocycles. The summed E-state index contributed by atoms with van der Waals surface area (Å²) in [5.74, 6) is -0.879. The average Bonchev–Trinajstić information content (AvgIpc) is 3.23. The zero-order valence-electron chi connectivity index (χ0n) is 39.5. The third kappa shape index (κ3) is 46.8. The van der Waals surface area contributed by atoms with Crippen LogP contribution in [0.4, 0.5) is 0 Å². The molecule has 0 saturated carbocycles. The number of rotatable bonds is 47. The molecule has 0 heterocycles. The molecule has 0 radical (unpaired) electrons. The summed E-state index contributed by atoms with van der Waals surface area (Å²) in [6.07, 6.45) is 54.4. The van der Waals surface area contributed by atoms with Crippen molar-refractivity contribution in [2.75, 3.05) is 13.2 Å². The van der Waals surface area contributed by atoms with Gasteiger partial charge in [-0.15, -0.1) is 0 Å². The van der Waals surface area contributed by atoms with Crippen molar-refractivity contribution in [1.82, 2.24) is 0 Å². The molecule has 0 amide bonds. The number of hydrogen-bond acceptors (Lipinski definition) is 6. The molecule has 0 fully saturated rings. The van der Waals surface area contributed by atoms with Gasteiger partial charge in [-0.25, -0.2) is 0 Å². The third-order valence-electron chi connectivity index (χ3n) is 11.4. The van der Waals surface area contributed by atoms with Crippen LogP contribution >= 0.6 is 0 Å². The Kier molecular flexibility index (Phi) is 46.8. The maximum absolute atomic E-state index is 12.8. The van der Waals surface area contributed by atoms with E-state index in [9.17, 15) is 14.4 Å². The number of allylic oxidation sites excluding steroid dienone is 4. The van der Waals surface area contributed by atoms with Crippen molar-refractivity contribution in [1.29, 1.82) is 0 Å². The van der Waals surface area contributed by atoms with Gasteiger partial charge in [0.2, 0.25) is 0 Å². The number of ether oxygens (including phenoxy) is 3. The van der Waals surface area contributed by atoms with Crippen LogP contribution in [0.5, 0.6) is 0 Å². The Morgan fingerprint density at radius 2 is 0.559 bits per heavy atom. The Bertz CT molecular complexity index is 958. The van der Waals surface area contributed by atoms with E-state index in [0.29, 0.717) is 19.3 Å². The number of hydrogen-bond donors (Lipinski definition) is 0. The molecule has 0 aliphatic heterocycles. The molecule has 0 N–H and O–H groups in total. The lowest BCUT2D eigenvalue weighted by molar-refractivity contribution is -0.167. The Morgan fingerprint density at radius 1 is 0.322 bits per heavy atom. The summed E-state index contributed by atoms with van der Waals surface area (Å²) in [5, 5.41) is 0. The number of carbonyl (C=O) groups is 3. The zero-order chi connectivity index (χ0) is 43.0. The van der Waals surface area contributed by atoms with E-state index in [1.165, 1.54) is 167 Å². The molecule has 346 valence electrons. The minimum Gasteiger partial charge on any atom is -0.462 e. The fourth-order valence-corrected chi connectivity index (χ4v) is 7.49. The molecule has 0 spiro atoms. The first-order chi connectivity index (χ1) is 29.0. The van der Waals surface area contributed by atoms with Gasteiger partial charge in [-0.2, -0.15) is 0 Å². The molecule has 6 nitrogen and oxygen atoms in total. The van der Waals surface area contributed by atoms with Gasteiger partial charge < -0.3 is 14.2 Å². The van der Waals surface area contributed by atoms with Gasteiger partial charge in [0.25, 0.3) is 0 Å². The van der Waals surface area contributed by atoms with Gasteiger partial charge in [-0.05, 0) is 70.6 Å². The zero-order valence-corrected chi connectivity index (χ0v) is 39.5. The first-order valence-corrected chi connectivity index (χ1v) is 25.8. The van der Waals surface area contributed by atoms with E-state index in [-0.39, 0.29) is 31.1 Å². The first-order valence-electron chi connectivity index (χ1n) is 25.8. The van der Waals surface area contributed by atoms with Crippen LogP contribution in [-0.2, 0) is 28.6 Å². The normalized spacial score (nSPS) is 12.1. The van der Waals surface area contributed by atoms with Crippen LogP contribution in [0.1, 0.15) is 278 Å². The predicted molar refractivity (Wildman–Crippen MR) is 252 cm³/mol. The molecule has 59 heavy (non-hydrogen) atoms. The van der Waals surface area contributed by atoms with E-state index >= 15 is 0 Å². The lowest BCUT2D eigenvalue weighted by Gasteiger charge is -2.18. The molecule has 1 atom stereocenters. The van der Waals surface area contributed by atoms with Crippen LogP contribution in [-0.4, -0.2) is 37.2 Å². The topological polar surface area (TPSA) is 78.9 Å². The van der Waals surface area contributed by atoms with Crippen molar-refractivity contribution in [3.05, 3.63) is 24.3 Å². The van der Waals surface area contributed by atoms with Gasteiger partial charge >= 0.3 is 17.9 Å². The number of carbonyl (C=O) groups excluding carboxylic acids is 3. The molecule has 1 unspecified atom stereocenters. The first kappa shape index (κ1) is 56.9. The van der Waals surface area contributed by atoms with Gasteiger partial charge in [-0.3, -0.25) is 14.4 Å². The van der Waals surface area contributed by atoms with Gasteiger partial charge in [-0.1, -0.05) is 212 Å². The predicted octanol–water partition coefficient (Wildman–Crippen LogP) is 16.8. The van der Waals surface area contributed by atoms with E-state index in [2.05, 4.69) is 45.1 Å². The lowest BCUT2D eigenvalue weighted by atomic mass is 10.0. The number of unbranched alkanes of at least 4 members (excludes halogenated alkanes) is 32. The summed E-state index contributed by atoms with van der Waals surface area (Å²) in [6.45, 7) is 6.62. The second-order valence-electron chi connectivity index (χ2n) is 17.4. The van der Waals surface area contributed by atoms with Crippen molar-refractivity contribution < 1.29 is 28.6 Å². The monoisotopic (exact) mass is 831 g/mol. The van der Waals surface area contributed by atoms with Crippen LogP contribution in [0, 0.1) is 0 Å². The van der Waals surface area contributed by atoms with E-state index < -0.39 is 6.10 Å². The van der Waals surface area contributed by atoms with Crippen LogP contribution in [0.3, 0.4) is 0 Å². The summed E-state index contributed by atoms with van der Waals surface area (Å²) < 4.78 is 16.8. The smallest absolute Gasteiger partial charge is 0.306 e. The molecule has 6 heteroatoms. The summed E-state index contributed by atoms with van der Waals surface area (Å²) in [4.78, 5) is 37.9. The lowest BCUT2D eigenvalue weighted by Crippen LogP contribution is -2.30. The standard InChI is InChI=1S/C53H98O6/c1-4-7-10-13-16-19-22-25-26-29-32-35-38-41-44-47-53(56)59-50(48-57-51(54)45-42-39-36-33-30-27-23-20-17-14-11-8-5-2)49-58-52(55)46-43-40-37-34-31-28-24-21-18-15-12-9-6-3/h20,23,25-26,50H,4-19,21-22,24,27-49H2,1-3H3/b23-20-,26-25-. The van der Waals surface area contributed by atoms with Crippen LogP contribution in [0.15, 0.2) is 24.3 Å². The Morgan fingerprint density at radius 3 is 0.864 bits per heavy atom. The molecule has 0 aromatic carbocycles. The van der Waals surface area contributed by atoms with Crippen LogP contribution in [0.2, 0.25) is 0 Å². The largest absolute Gasteiger partial charge is 0.462 e. The Hall–Kier alpha value is -2.11. The molecule has 0 bridgehead atoms. The van der Waals surface area contributed by atoms with Crippen molar-refractivity contribution in [2.24, 2.45) is 0 Å². The minimum atomic E-state index is -0.773. The number of esters is 3. The second kappa shape index (κ2) is 48.6. The van der Waals surface area contributed by atoms with Crippen molar-refractivity contribution in [3.8, 4) is 0 Å². The third-order valence-corrected chi connectivity index (χ3v) is 11.4. The van der Waals surface area contributed by atoms with Crippen molar-refractivity contribution in [2.45, 2.75) is 284 Å². The second-order valence-corrected chi connectivity index (χ2v) is 17.4. The van der Waals surface area contributed by atoms with Crippen molar-refractivity contribution >= 4 is 17.9 Å². The van der Waals surface area contributed by atoms with Gasteiger partial charge in [0.1, 0.15) is 13.2 Å². The summed E-state index contributed by atoms with van der Waals surface area (Å²) >= 11 is 0. The molecule has 0 rings (SSSR count). The molecule has 0 aromatic heterocycles. The summed E-state index contributed by atoms with van der Waals surface area (Å²) in [6, 6.07) is 0. The molecule has 0 saturated heterocycles. The summed E-state index contributed by atoms with van der Waals surface area (Å²) in [7, 11) is 0. The van der Waals surface area contributed by atoms with Crippen LogP contribution < -0.4 is 0 Å². The average molecular weight is 831 g/mol. The molecule has 0 aromatic rings. The van der Waals surface area contributed by atoms with Gasteiger partial charge in [0.05, 0.1) is 0 Å². The highest BCUT2D eigenvalue weighted by molar-refractivity contribution is 5.71. The maximum atomic E-state index is 12.8. The van der Waals surface area contributed by atoms with Crippen LogP contribution in [0.25, 0.3) is 0 Å². The Balaban J connectivity index is 4.37. The van der Waals surface area contributed by atoms with E-state index in [1.807, 2.05) is 0 Å². The van der Waals surface area contributed by atoms with E-state index in [4.69, 9.17) is 14.2 Å². The molecule has 0 aliphatic rings. The maximum Gasteiger partial charge on any atom is 0.306 e. The van der Waals surface area contributed by atoms with Gasteiger partial charge in [0.15, 0.2) is 6.10 Å². The summed E-state index contributed by atoms with van der Waals surface area (Å²) in [5.41, 5.74) is 0. The highest BCUT2D eigenvalue weighted by Gasteiger charge is 2.19. The SMILES string of the molecule is CCCCCC/C=C\CCCCCCCC(=O)OCC(COC(=O)CCCCCCCCCCCCCCC)OC(=O)CCCCCCC/C=C\CCCCCCCC. The highest BCUT2D eigenvalue weighted by atomic mass is 16.6. The fraction of sp³-hybridized carbons (Fsp3) is 0.868. The quantitative estimate of drug-likeness (QED) is 0.0263. The van der Waals surface area contributed by atoms with Crippen molar-refractivity contribution in [3.63, 3.8) is 0 Å². The molecular formula is C53H98O6. The highest BCUT2D eigenvalue weighted by Crippen LogP contribution is 2.15. The fourth-order valence-electron chi connectivity index (χ4n) is 7.49. The van der Waals surface area contributed by atoms with E-state index in [1.54, 1.807) is 0 Å². The molecular weight excluding hydrogens is 733 g/mol. The van der Waals surface area contributed by atoms with E-state index in [0.717, 1.165) is 70.6 Å². The Labute approximate surface area is 366 Å². The minimum absolute atomic E-state index is 0.0736. The van der Waals surface area contributed by atoms with Gasteiger partial charge in [0, 0.05) is 19.3 Å².